The lowest BCUT2D eigenvalue weighted by Gasteiger charge is -2.13. The molecule has 0 fully saturated rings. The first-order valence-corrected chi connectivity index (χ1v) is 7.46. The van der Waals surface area contributed by atoms with E-state index in [0.29, 0.717) is 4.88 Å². The SMILES string of the molecule is CC(=O)c1cnc(N(C)Cc2cc(Br)cs2)s1. The van der Waals surface area contributed by atoms with Gasteiger partial charge in [0.15, 0.2) is 10.9 Å². The van der Waals surface area contributed by atoms with Crippen LogP contribution in [0.25, 0.3) is 0 Å². The van der Waals surface area contributed by atoms with E-state index in [1.54, 1.807) is 24.5 Å². The molecule has 0 N–H and O–H groups in total. The van der Waals surface area contributed by atoms with Gasteiger partial charge in [0, 0.05) is 28.7 Å². The van der Waals surface area contributed by atoms with E-state index >= 15 is 0 Å². The van der Waals surface area contributed by atoms with Crippen molar-refractivity contribution < 1.29 is 4.79 Å². The lowest BCUT2D eigenvalue weighted by atomic mass is 10.4. The van der Waals surface area contributed by atoms with Crippen LogP contribution in [0.5, 0.6) is 0 Å². The Labute approximate surface area is 116 Å². The smallest absolute Gasteiger partial charge is 0.186 e. The number of thiazole rings is 1. The van der Waals surface area contributed by atoms with Gasteiger partial charge >= 0.3 is 0 Å². The summed E-state index contributed by atoms with van der Waals surface area (Å²) in [6, 6.07) is 2.10. The second-order valence-corrected chi connectivity index (χ2v) is 6.57. The number of aromatic nitrogens is 1. The van der Waals surface area contributed by atoms with Crippen LogP contribution in [0.4, 0.5) is 5.13 Å². The van der Waals surface area contributed by atoms with Crippen molar-refractivity contribution in [3.8, 4) is 0 Å². The molecule has 2 aromatic rings. The van der Waals surface area contributed by atoms with Crippen LogP contribution >= 0.6 is 38.6 Å². The summed E-state index contributed by atoms with van der Waals surface area (Å²) in [6.07, 6.45) is 1.64. The number of ketones is 1. The van der Waals surface area contributed by atoms with Gasteiger partial charge in [-0.05, 0) is 22.0 Å². The number of nitrogens with zero attached hydrogens (tertiary/aromatic N) is 2. The molecule has 2 aromatic heterocycles. The predicted molar refractivity (Wildman–Crippen MR) is 76.2 cm³/mol. The minimum atomic E-state index is 0.0704. The lowest BCUT2D eigenvalue weighted by molar-refractivity contribution is 0.102. The summed E-state index contributed by atoms with van der Waals surface area (Å²) in [5.74, 6) is 0.0704. The van der Waals surface area contributed by atoms with Gasteiger partial charge in [0.05, 0.1) is 17.6 Å². The first-order chi connectivity index (χ1) is 8.06. The van der Waals surface area contributed by atoms with Gasteiger partial charge in [-0.15, -0.1) is 11.3 Å². The molecule has 2 heterocycles. The monoisotopic (exact) mass is 330 g/mol. The molecule has 0 aromatic carbocycles. The molecule has 0 amide bonds. The molecule has 0 atom stereocenters. The molecule has 0 aliphatic carbocycles. The number of Topliss-reactive ketones (excluding diaryl/α,β-unsaturated/α-hetero) is 1. The molecule has 17 heavy (non-hydrogen) atoms. The Bertz CT molecular complexity index is 535. The van der Waals surface area contributed by atoms with Crippen molar-refractivity contribution >= 4 is 49.5 Å². The molecule has 90 valence electrons. The molecule has 0 bridgehead atoms. The summed E-state index contributed by atoms with van der Waals surface area (Å²) in [5, 5.41) is 2.94. The fourth-order valence-corrected chi connectivity index (χ4v) is 3.62. The van der Waals surface area contributed by atoms with Crippen molar-refractivity contribution in [1.82, 2.24) is 4.98 Å². The van der Waals surface area contributed by atoms with Gasteiger partial charge < -0.3 is 4.90 Å². The molecule has 0 saturated heterocycles. The van der Waals surface area contributed by atoms with Gasteiger partial charge in [0.25, 0.3) is 0 Å². The number of rotatable bonds is 4. The van der Waals surface area contributed by atoms with Crippen molar-refractivity contribution in [3.63, 3.8) is 0 Å². The van der Waals surface area contributed by atoms with E-state index in [4.69, 9.17) is 0 Å². The van der Waals surface area contributed by atoms with Crippen LogP contribution in [-0.4, -0.2) is 17.8 Å². The Hall–Kier alpha value is -0.720. The minimum Gasteiger partial charge on any atom is -0.346 e. The summed E-state index contributed by atoms with van der Waals surface area (Å²) >= 11 is 6.58. The molecule has 3 nitrogen and oxygen atoms in total. The third kappa shape index (κ3) is 3.14. The normalized spacial score (nSPS) is 10.5. The number of thiophene rings is 1. The molecule has 0 unspecified atom stereocenters. The summed E-state index contributed by atoms with van der Waals surface area (Å²) in [6.45, 7) is 2.37. The number of halogens is 1. The van der Waals surface area contributed by atoms with E-state index in [0.717, 1.165) is 16.1 Å². The van der Waals surface area contributed by atoms with E-state index in [-0.39, 0.29) is 5.78 Å². The molecule has 0 saturated carbocycles. The summed E-state index contributed by atoms with van der Waals surface area (Å²) in [7, 11) is 1.98. The second-order valence-electron chi connectivity index (χ2n) is 3.65. The highest BCUT2D eigenvalue weighted by molar-refractivity contribution is 9.10. The summed E-state index contributed by atoms with van der Waals surface area (Å²) in [5.41, 5.74) is 0. The third-order valence-corrected chi connectivity index (χ3v) is 5.08. The number of carbonyl (C=O) groups is 1. The first-order valence-electron chi connectivity index (χ1n) is 4.97. The highest BCUT2D eigenvalue weighted by Crippen LogP contribution is 2.26. The summed E-state index contributed by atoms with van der Waals surface area (Å²) < 4.78 is 1.11. The van der Waals surface area contributed by atoms with Crippen LogP contribution in [0.3, 0.4) is 0 Å². The number of anilines is 1. The van der Waals surface area contributed by atoms with E-state index in [9.17, 15) is 4.79 Å². The maximum atomic E-state index is 11.2. The number of carbonyl (C=O) groups excluding carboxylic acids is 1. The third-order valence-electron chi connectivity index (χ3n) is 2.18. The van der Waals surface area contributed by atoms with Crippen LogP contribution in [-0.2, 0) is 6.54 Å². The molecule has 6 heteroatoms. The van der Waals surface area contributed by atoms with Gasteiger partial charge in [-0.2, -0.15) is 0 Å². The van der Waals surface area contributed by atoms with Gasteiger partial charge in [0.1, 0.15) is 0 Å². The van der Waals surface area contributed by atoms with Crippen LogP contribution in [0, 0.1) is 0 Å². The van der Waals surface area contributed by atoms with Crippen molar-refractivity contribution in [2.24, 2.45) is 0 Å². The van der Waals surface area contributed by atoms with Gasteiger partial charge in [-0.1, -0.05) is 11.3 Å². The van der Waals surface area contributed by atoms with Crippen molar-refractivity contribution in [1.29, 1.82) is 0 Å². The number of hydrogen-bond donors (Lipinski definition) is 0. The second kappa shape index (κ2) is 5.29. The Morgan fingerprint density at radius 3 is 2.88 bits per heavy atom. The van der Waals surface area contributed by atoms with Crippen LogP contribution < -0.4 is 4.90 Å². The van der Waals surface area contributed by atoms with Crippen LogP contribution in [0.1, 0.15) is 21.5 Å². The van der Waals surface area contributed by atoms with Crippen molar-refractivity contribution in [3.05, 3.63) is 31.9 Å². The Morgan fingerprint density at radius 2 is 2.35 bits per heavy atom. The molecule has 0 radical (unpaired) electrons. The topological polar surface area (TPSA) is 33.2 Å². The summed E-state index contributed by atoms with van der Waals surface area (Å²) in [4.78, 5) is 19.5. The lowest BCUT2D eigenvalue weighted by Crippen LogP contribution is -2.14. The first kappa shape index (κ1) is 12.7. The zero-order valence-corrected chi connectivity index (χ0v) is 12.7. The Balaban J connectivity index is 2.08. The fraction of sp³-hybridized carbons (Fsp3) is 0.273. The quantitative estimate of drug-likeness (QED) is 0.799. The number of hydrogen-bond acceptors (Lipinski definition) is 5. The average molecular weight is 331 g/mol. The molecule has 0 aliphatic heterocycles. The standard InChI is InChI=1S/C11H11BrN2OS2/c1-7(15)10-4-13-11(17-10)14(2)5-9-3-8(12)6-16-9/h3-4,6H,5H2,1-2H3. The van der Waals surface area contributed by atoms with Crippen LogP contribution in [0.2, 0.25) is 0 Å². The maximum absolute atomic E-state index is 11.2. The zero-order valence-electron chi connectivity index (χ0n) is 9.44. The molecular formula is C11H11BrN2OS2. The van der Waals surface area contributed by atoms with E-state index in [2.05, 4.69) is 37.3 Å². The Kier molecular flexibility index (Phi) is 3.96. The predicted octanol–water partition coefficient (Wildman–Crippen LogP) is 3.81. The van der Waals surface area contributed by atoms with Gasteiger partial charge in [-0.3, -0.25) is 4.79 Å². The van der Waals surface area contributed by atoms with Crippen LogP contribution in [0.15, 0.2) is 22.1 Å². The zero-order chi connectivity index (χ0) is 12.4. The fourth-order valence-electron chi connectivity index (χ4n) is 1.34. The Morgan fingerprint density at radius 1 is 1.59 bits per heavy atom. The van der Waals surface area contributed by atoms with Gasteiger partial charge in [0.2, 0.25) is 0 Å². The largest absolute Gasteiger partial charge is 0.346 e. The minimum absolute atomic E-state index is 0.0704. The molecular weight excluding hydrogens is 320 g/mol. The molecule has 2 rings (SSSR count). The van der Waals surface area contributed by atoms with Crippen molar-refractivity contribution in [2.75, 3.05) is 11.9 Å². The van der Waals surface area contributed by atoms with E-state index in [1.165, 1.54) is 16.2 Å². The van der Waals surface area contributed by atoms with E-state index in [1.807, 2.05) is 7.05 Å². The van der Waals surface area contributed by atoms with Gasteiger partial charge in [-0.25, -0.2) is 4.98 Å². The molecule has 0 aliphatic rings. The molecule has 0 spiro atoms. The highest BCUT2D eigenvalue weighted by atomic mass is 79.9. The van der Waals surface area contributed by atoms with Crippen molar-refractivity contribution in [2.45, 2.75) is 13.5 Å². The highest BCUT2D eigenvalue weighted by Gasteiger charge is 2.10. The maximum Gasteiger partial charge on any atom is 0.186 e. The van der Waals surface area contributed by atoms with E-state index < -0.39 is 0 Å². The average Bonchev–Trinajstić information content (AvgIpc) is 2.86.